The monoisotopic (exact) mass is 425 g/mol. The number of methoxy groups -OCH3 is 1. The Labute approximate surface area is 175 Å². The second-order valence-electron chi connectivity index (χ2n) is 6.52. The van der Waals surface area contributed by atoms with E-state index in [4.69, 9.17) is 4.74 Å². The highest BCUT2D eigenvalue weighted by molar-refractivity contribution is 7.10. The Morgan fingerprint density at radius 1 is 1.20 bits per heavy atom. The summed E-state index contributed by atoms with van der Waals surface area (Å²) in [6.45, 7) is 0. The third-order valence-corrected chi connectivity index (χ3v) is 5.35. The lowest BCUT2D eigenvalue weighted by Crippen LogP contribution is -2.14. The van der Waals surface area contributed by atoms with Crippen molar-refractivity contribution in [1.29, 1.82) is 0 Å². The average molecular weight is 425 g/mol. The first-order valence-corrected chi connectivity index (χ1v) is 9.93. The van der Waals surface area contributed by atoms with Gasteiger partial charge >= 0.3 is 0 Å². The summed E-state index contributed by atoms with van der Waals surface area (Å²) in [4.78, 5) is 13.1. The summed E-state index contributed by atoms with van der Waals surface area (Å²) in [6.07, 6.45) is 3.56. The van der Waals surface area contributed by atoms with Crippen LogP contribution < -0.4 is 10.1 Å². The fourth-order valence-electron chi connectivity index (χ4n) is 3.01. The standard InChI is InChI=1S/C22H17F2N3O2S/c1-29-21-7-5-13(9-17(21)24)4-6-18-15-11-20(16(23)12-19(15)27-26-18)25-22(28)10-14-3-2-8-30-14/h2-9,11-12H,10H2,1H3,(H,25,28)(H,26,27). The molecule has 0 atom stereocenters. The molecular weight excluding hydrogens is 408 g/mol. The predicted molar refractivity (Wildman–Crippen MR) is 115 cm³/mol. The number of benzene rings is 2. The lowest BCUT2D eigenvalue weighted by Gasteiger charge is -2.06. The van der Waals surface area contributed by atoms with E-state index in [-0.39, 0.29) is 23.8 Å². The average Bonchev–Trinajstić information content (AvgIpc) is 3.36. The lowest BCUT2D eigenvalue weighted by atomic mass is 10.1. The van der Waals surface area contributed by atoms with Crippen LogP contribution in [0.1, 0.15) is 16.1 Å². The van der Waals surface area contributed by atoms with Crippen LogP contribution in [0.3, 0.4) is 0 Å². The lowest BCUT2D eigenvalue weighted by molar-refractivity contribution is -0.115. The Hall–Kier alpha value is -3.52. The van der Waals surface area contributed by atoms with Crippen molar-refractivity contribution in [2.45, 2.75) is 6.42 Å². The molecular formula is C22H17F2N3O2S. The topological polar surface area (TPSA) is 67.0 Å². The number of fused-ring (bicyclic) bond motifs is 1. The summed E-state index contributed by atoms with van der Waals surface area (Å²) in [6, 6.07) is 11.1. The summed E-state index contributed by atoms with van der Waals surface area (Å²) in [5.41, 5.74) is 1.73. The number of anilines is 1. The number of rotatable bonds is 6. The number of thiophene rings is 1. The number of amides is 1. The van der Waals surface area contributed by atoms with Gasteiger partial charge in [-0.15, -0.1) is 11.3 Å². The maximum absolute atomic E-state index is 14.4. The molecule has 2 aromatic carbocycles. The fraction of sp³-hybridized carbons (Fsp3) is 0.0909. The number of carbonyl (C=O) groups excluding carboxylic acids is 1. The summed E-state index contributed by atoms with van der Waals surface area (Å²) in [7, 11) is 1.40. The Bertz CT molecular complexity index is 1230. The molecule has 0 aliphatic heterocycles. The largest absolute Gasteiger partial charge is 0.494 e. The number of halogens is 2. The van der Waals surface area contributed by atoms with Crippen molar-refractivity contribution < 1.29 is 18.3 Å². The number of aromatic amines is 1. The number of hydrogen-bond acceptors (Lipinski definition) is 4. The van der Waals surface area contributed by atoms with Gasteiger partial charge in [0.15, 0.2) is 11.6 Å². The Kier molecular flexibility index (Phi) is 5.58. The van der Waals surface area contributed by atoms with E-state index in [2.05, 4.69) is 15.5 Å². The van der Waals surface area contributed by atoms with Gasteiger partial charge in [0.1, 0.15) is 5.82 Å². The third-order valence-electron chi connectivity index (χ3n) is 4.48. The zero-order chi connectivity index (χ0) is 21.1. The molecule has 2 aromatic heterocycles. The molecule has 2 N–H and O–H groups in total. The third kappa shape index (κ3) is 4.23. The van der Waals surface area contributed by atoms with Gasteiger partial charge < -0.3 is 10.1 Å². The molecule has 4 rings (SSSR count). The molecule has 0 radical (unpaired) electrons. The summed E-state index contributed by atoms with van der Waals surface area (Å²) >= 11 is 1.47. The van der Waals surface area contributed by atoms with Gasteiger partial charge in [0.2, 0.25) is 5.91 Å². The molecule has 0 bridgehead atoms. The Morgan fingerprint density at radius 2 is 2.07 bits per heavy atom. The van der Waals surface area contributed by atoms with Crippen LogP contribution in [0.2, 0.25) is 0 Å². The number of nitrogens with one attached hydrogen (secondary N) is 2. The van der Waals surface area contributed by atoms with Crippen LogP contribution in [0.5, 0.6) is 5.75 Å². The van der Waals surface area contributed by atoms with E-state index in [0.29, 0.717) is 22.2 Å². The van der Waals surface area contributed by atoms with E-state index < -0.39 is 11.6 Å². The van der Waals surface area contributed by atoms with Gasteiger partial charge in [-0.25, -0.2) is 8.78 Å². The smallest absolute Gasteiger partial charge is 0.229 e. The highest BCUT2D eigenvalue weighted by Crippen LogP contribution is 2.26. The van der Waals surface area contributed by atoms with Gasteiger partial charge in [0, 0.05) is 16.3 Å². The number of carbonyl (C=O) groups is 1. The van der Waals surface area contributed by atoms with Crippen LogP contribution in [0, 0.1) is 11.6 Å². The van der Waals surface area contributed by atoms with E-state index in [1.165, 1.54) is 42.7 Å². The second-order valence-corrected chi connectivity index (χ2v) is 7.55. The summed E-state index contributed by atoms with van der Waals surface area (Å²) in [5.74, 6) is -1.16. The number of H-pyrrole nitrogens is 1. The van der Waals surface area contributed by atoms with Crippen LogP contribution in [0.15, 0.2) is 47.8 Å². The molecule has 0 unspecified atom stereocenters. The maximum atomic E-state index is 14.4. The number of nitrogens with zero attached hydrogens (tertiary/aromatic N) is 1. The van der Waals surface area contributed by atoms with E-state index in [1.807, 2.05) is 17.5 Å². The number of aromatic nitrogens is 2. The van der Waals surface area contributed by atoms with Gasteiger partial charge in [0.05, 0.1) is 30.4 Å². The normalized spacial score (nSPS) is 11.3. The molecule has 0 aliphatic carbocycles. The first kappa shape index (κ1) is 19.8. The molecule has 1 amide bonds. The van der Waals surface area contributed by atoms with Crippen molar-refractivity contribution in [1.82, 2.24) is 10.2 Å². The molecule has 30 heavy (non-hydrogen) atoms. The molecule has 5 nitrogen and oxygen atoms in total. The van der Waals surface area contributed by atoms with Crippen LogP contribution in [-0.4, -0.2) is 23.2 Å². The molecule has 8 heteroatoms. The highest BCUT2D eigenvalue weighted by Gasteiger charge is 2.13. The first-order chi connectivity index (χ1) is 14.5. The van der Waals surface area contributed by atoms with Crippen molar-refractivity contribution >= 4 is 46.0 Å². The van der Waals surface area contributed by atoms with Gasteiger partial charge in [0.25, 0.3) is 0 Å². The molecule has 152 valence electrons. The predicted octanol–water partition coefficient (Wildman–Crippen LogP) is 5.26. The summed E-state index contributed by atoms with van der Waals surface area (Å²) in [5, 5.41) is 12.1. The SMILES string of the molecule is COc1ccc(C=Cc2n[nH]c3cc(F)c(NC(=O)Cc4cccs4)cc23)cc1F. The highest BCUT2D eigenvalue weighted by atomic mass is 32.1. The second kappa shape index (κ2) is 8.46. The minimum absolute atomic E-state index is 0.0793. The maximum Gasteiger partial charge on any atom is 0.229 e. The number of hydrogen-bond donors (Lipinski definition) is 2. The Morgan fingerprint density at radius 3 is 2.80 bits per heavy atom. The van der Waals surface area contributed by atoms with Crippen LogP contribution >= 0.6 is 11.3 Å². The van der Waals surface area contributed by atoms with E-state index >= 15 is 0 Å². The van der Waals surface area contributed by atoms with Gasteiger partial charge in [-0.05, 0) is 41.3 Å². The van der Waals surface area contributed by atoms with Crippen molar-refractivity contribution in [3.63, 3.8) is 0 Å². The number of ether oxygens (including phenoxy) is 1. The van der Waals surface area contributed by atoms with Gasteiger partial charge in [-0.3, -0.25) is 9.89 Å². The van der Waals surface area contributed by atoms with Gasteiger partial charge in [-0.2, -0.15) is 5.10 Å². The van der Waals surface area contributed by atoms with Crippen molar-refractivity contribution in [3.05, 3.63) is 75.6 Å². The molecule has 0 spiro atoms. The zero-order valence-electron chi connectivity index (χ0n) is 15.9. The van der Waals surface area contributed by atoms with Crippen LogP contribution in [0.4, 0.5) is 14.5 Å². The van der Waals surface area contributed by atoms with E-state index in [0.717, 1.165) is 4.88 Å². The van der Waals surface area contributed by atoms with Crippen LogP contribution in [-0.2, 0) is 11.2 Å². The zero-order valence-corrected chi connectivity index (χ0v) is 16.7. The molecule has 0 saturated heterocycles. The Balaban J connectivity index is 1.58. The van der Waals surface area contributed by atoms with Crippen molar-refractivity contribution in [2.24, 2.45) is 0 Å². The molecule has 2 heterocycles. The van der Waals surface area contributed by atoms with E-state index in [9.17, 15) is 13.6 Å². The van der Waals surface area contributed by atoms with E-state index in [1.54, 1.807) is 18.2 Å². The van der Waals surface area contributed by atoms with Crippen molar-refractivity contribution in [3.8, 4) is 5.75 Å². The minimum atomic E-state index is -0.557. The van der Waals surface area contributed by atoms with Crippen molar-refractivity contribution in [2.75, 3.05) is 12.4 Å². The quantitative estimate of drug-likeness (QED) is 0.443. The molecule has 0 fully saturated rings. The first-order valence-electron chi connectivity index (χ1n) is 9.05. The summed E-state index contributed by atoms with van der Waals surface area (Å²) < 4.78 is 33.2. The molecule has 4 aromatic rings. The molecule has 0 saturated carbocycles. The minimum Gasteiger partial charge on any atom is -0.494 e. The van der Waals surface area contributed by atoms with Gasteiger partial charge in [-0.1, -0.05) is 18.2 Å². The fourth-order valence-corrected chi connectivity index (χ4v) is 3.71. The molecule has 0 aliphatic rings. The van der Waals surface area contributed by atoms with Crippen LogP contribution in [0.25, 0.3) is 23.1 Å².